The van der Waals surface area contributed by atoms with Crippen molar-refractivity contribution in [2.75, 3.05) is 11.5 Å². The maximum absolute atomic E-state index is 13.7. The summed E-state index contributed by atoms with van der Waals surface area (Å²) in [5.74, 6) is 0.170. The van der Waals surface area contributed by atoms with Gasteiger partial charge in [0.25, 0.3) is 5.78 Å². The zero-order valence-electron chi connectivity index (χ0n) is 24.2. The maximum Gasteiger partial charge on any atom is 0.301 e. The van der Waals surface area contributed by atoms with Crippen molar-refractivity contribution in [3.05, 3.63) is 99.6 Å². The molecule has 3 aromatic carbocycles. The van der Waals surface area contributed by atoms with Crippen LogP contribution in [0.15, 0.2) is 76.6 Å². The number of aliphatic hydroxyl groups is 1. The number of thioether (sulfide) groups is 1. The van der Waals surface area contributed by atoms with Gasteiger partial charge in [0.15, 0.2) is 4.34 Å². The SMILES string of the molecule is CCCCOc1cccc([C@H]2C(=C(O)c3ccc4c(c3)C[C@@H](C)O4)C(=O)C(=O)N2c2nnc(SCc3ccc(Cl)cc3)s2)c1. The van der Waals surface area contributed by atoms with E-state index in [0.717, 1.165) is 29.7 Å². The molecule has 8 nitrogen and oxygen atoms in total. The molecule has 1 fully saturated rings. The van der Waals surface area contributed by atoms with Crippen LogP contribution in [0.1, 0.15) is 55.0 Å². The van der Waals surface area contributed by atoms with E-state index in [9.17, 15) is 14.7 Å². The quantitative estimate of drug-likeness (QED) is 0.0469. The summed E-state index contributed by atoms with van der Waals surface area (Å²) in [6, 6.07) is 19.2. The molecule has 0 unspecified atom stereocenters. The second kappa shape index (κ2) is 13.0. The van der Waals surface area contributed by atoms with Crippen LogP contribution in [-0.2, 0) is 21.8 Å². The fourth-order valence-electron chi connectivity index (χ4n) is 5.26. The number of Topliss-reactive ketones (excluding diaryl/α,β-unsaturated/α-hetero) is 1. The van der Waals surface area contributed by atoms with Crippen LogP contribution in [-0.4, -0.2) is 39.7 Å². The number of aromatic nitrogens is 2. The molecule has 1 amide bonds. The Labute approximate surface area is 268 Å². The van der Waals surface area contributed by atoms with Crippen LogP contribution in [0.3, 0.4) is 0 Å². The normalized spacial score (nSPS) is 18.8. The number of amides is 1. The van der Waals surface area contributed by atoms with Gasteiger partial charge in [-0.05, 0) is 72.5 Å². The molecule has 0 aliphatic carbocycles. The van der Waals surface area contributed by atoms with E-state index in [0.29, 0.717) is 45.0 Å². The maximum atomic E-state index is 13.7. The van der Waals surface area contributed by atoms with Gasteiger partial charge >= 0.3 is 5.91 Å². The highest BCUT2D eigenvalue weighted by atomic mass is 35.5. The van der Waals surface area contributed by atoms with Gasteiger partial charge < -0.3 is 14.6 Å². The number of carbonyl (C=O) groups is 2. The van der Waals surface area contributed by atoms with Gasteiger partial charge in [-0.15, -0.1) is 10.2 Å². The largest absolute Gasteiger partial charge is 0.507 e. The molecule has 4 aromatic rings. The number of hydrogen-bond acceptors (Lipinski definition) is 9. The number of benzene rings is 3. The molecule has 0 bridgehead atoms. The van der Waals surface area contributed by atoms with Gasteiger partial charge in [-0.25, -0.2) is 0 Å². The van der Waals surface area contributed by atoms with Crippen molar-refractivity contribution in [1.82, 2.24) is 10.2 Å². The molecule has 44 heavy (non-hydrogen) atoms. The van der Waals surface area contributed by atoms with E-state index in [1.165, 1.54) is 28.0 Å². The first-order valence-corrected chi connectivity index (χ1v) is 16.5. The minimum Gasteiger partial charge on any atom is -0.507 e. The van der Waals surface area contributed by atoms with E-state index >= 15 is 0 Å². The van der Waals surface area contributed by atoms with Crippen molar-refractivity contribution < 1.29 is 24.2 Å². The van der Waals surface area contributed by atoms with Gasteiger partial charge in [-0.1, -0.05) is 72.3 Å². The lowest BCUT2D eigenvalue weighted by Crippen LogP contribution is -2.29. The molecule has 6 rings (SSSR count). The van der Waals surface area contributed by atoms with E-state index in [2.05, 4.69) is 17.1 Å². The number of ether oxygens (including phenoxy) is 2. The predicted molar refractivity (Wildman–Crippen MR) is 173 cm³/mol. The Balaban J connectivity index is 1.38. The number of ketones is 1. The first-order valence-electron chi connectivity index (χ1n) is 14.4. The van der Waals surface area contributed by atoms with Crippen LogP contribution in [0.25, 0.3) is 5.76 Å². The fraction of sp³-hybridized carbons (Fsp3) is 0.273. The van der Waals surface area contributed by atoms with E-state index in [1.807, 2.05) is 61.5 Å². The molecule has 226 valence electrons. The number of nitrogens with zero attached hydrogens (tertiary/aromatic N) is 3. The summed E-state index contributed by atoms with van der Waals surface area (Å²) in [6.45, 7) is 4.61. The number of unbranched alkanes of at least 4 members (excludes halogenated alkanes) is 1. The average molecular weight is 648 g/mol. The average Bonchev–Trinajstić information content (AvgIpc) is 3.71. The molecule has 0 spiro atoms. The van der Waals surface area contributed by atoms with Gasteiger partial charge in [0, 0.05) is 22.8 Å². The lowest BCUT2D eigenvalue weighted by molar-refractivity contribution is -0.132. The van der Waals surface area contributed by atoms with Gasteiger partial charge in [-0.2, -0.15) is 0 Å². The van der Waals surface area contributed by atoms with E-state index in [1.54, 1.807) is 12.1 Å². The van der Waals surface area contributed by atoms with Crippen molar-refractivity contribution in [1.29, 1.82) is 0 Å². The van der Waals surface area contributed by atoms with Crippen LogP contribution in [0.4, 0.5) is 5.13 Å². The Hall–Kier alpha value is -3.86. The third-order valence-corrected chi connectivity index (χ3v) is 9.81. The lowest BCUT2D eigenvalue weighted by Gasteiger charge is -2.23. The monoisotopic (exact) mass is 647 g/mol. The fourth-order valence-corrected chi connectivity index (χ4v) is 7.21. The van der Waals surface area contributed by atoms with E-state index in [-0.39, 0.29) is 22.6 Å². The number of anilines is 1. The molecule has 2 aliphatic heterocycles. The molecule has 0 saturated carbocycles. The number of hydrogen-bond donors (Lipinski definition) is 1. The number of aliphatic hydroxyl groups excluding tert-OH is 1. The summed E-state index contributed by atoms with van der Waals surface area (Å²) >= 11 is 8.70. The molecule has 1 saturated heterocycles. The van der Waals surface area contributed by atoms with Gasteiger partial charge in [0.05, 0.1) is 18.2 Å². The van der Waals surface area contributed by atoms with Gasteiger partial charge in [0.2, 0.25) is 5.13 Å². The Bertz CT molecular complexity index is 1740. The number of rotatable bonds is 10. The first kappa shape index (κ1) is 30.2. The zero-order valence-corrected chi connectivity index (χ0v) is 26.5. The molecule has 1 N–H and O–H groups in total. The van der Waals surface area contributed by atoms with Crippen LogP contribution in [0, 0.1) is 0 Å². The van der Waals surface area contributed by atoms with E-state index in [4.69, 9.17) is 21.1 Å². The minimum absolute atomic E-state index is 0.0156. The zero-order chi connectivity index (χ0) is 30.8. The third-order valence-electron chi connectivity index (χ3n) is 7.43. The molecule has 11 heteroatoms. The standard InChI is InChI=1S/C33H30ClN3O5S2/c1-3-4-14-41-25-7-5-6-21(17-25)28-27(29(38)22-10-13-26-23(16-22)15-19(2)42-26)30(39)31(40)37(28)32-35-36-33(44-32)43-18-20-8-11-24(34)12-9-20/h5-13,16-17,19,28,38H,3-4,14-15,18H2,1-2H3/t19-,28+/m1/s1. The molecular weight excluding hydrogens is 618 g/mol. The molecule has 0 radical (unpaired) electrons. The van der Waals surface area contributed by atoms with Gasteiger partial charge in [0.1, 0.15) is 23.4 Å². The highest BCUT2D eigenvalue weighted by Gasteiger charge is 2.48. The lowest BCUT2D eigenvalue weighted by atomic mass is 9.94. The van der Waals surface area contributed by atoms with Crippen LogP contribution in [0.2, 0.25) is 5.02 Å². The van der Waals surface area contributed by atoms with Crippen molar-refractivity contribution >= 4 is 57.3 Å². The molecular formula is C33H30ClN3O5S2. The summed E-state index contributed by atoms with van der Waals surface area (Å²) in [6.07, 6.45) is 2.59. The molecule has 1 aromatic heterocycles. The third kappa shape index (κ3) is 6.20. The summed E-state index contributed by atoms with van der Waals surface area (Å²) in [4.78, 5) is 28.7. The summed E-state index contributed by atoms with van der Waals surface area (Å²) in [5, 5.41) is 21.2. The number of carbonyl (C=O) groups excluding carboxylic acids is 2. The summed E-state index contributed by atoms with van der Waals surface area (Å²) in [5.41, 5.74) is 3.04. The van der Waals surface area contributed by atoms with Crippen molar-refractivity contribution in [2.45, 2.75) is 55.3 Å². The highest BCUT2D eigenvalue weighted by molar-refractivity contribution is 8.00. The van der Waals surface area contributed by atoms with Gasteiger partial charge in [-0.3, -0.25) is 14.5 Å². The van der Waals surface area contributed by atoms with Crippen LogP contribution < -0.4 is 14.4 Å². The number of halogens is 1. The Kier molecular flexibility index (Phi) is 8.93. The minimum atomic E-state index is -0.935. The van der Waals surface area contributed by atoms with Crippen LogP contribution >= 0.6 is 34.7 Å². The topological polar surface area (TPSA) is 102 Å². The smallest absolute Gasteiger partial charge is 0.301 e. The highest BCUT2D eigenvalue weighted by Crippen LogP contribution is 2.45. The molecule has 2 atom stereocenters. The second-order valence-corrected chi connectivity index (χ2v) is 13.3. The Morgan fingerprint density at radius 3 is 2.75 bits per heavy atom. The number of fused-ring (bicyclic) bond motifs is 1. The Morgan fingerprint density at radius 1 is 1.14 bits per heavy atom. The molecule has 3 heterocycles. The summed E-state index contributed by atoms with van der Waals surface area (Å²) in [7, 11) is 0. The predicted octanol–water partition coefficient (Wildman–Crippen LogP) is 7.61. The first-order chi connectivity index (χ1) is 21.3. The van der Waals surface area contributed by atoms with Crippen molar-refractivity contribution in [2.24, 2.45) is 0 Å². The van der Waals surface area contributed by atoms with Crippen molar-refractivity contribution in [3.63, 3.8) is 0 Å². The van der Waals surface area contributed by atoms with Crippen molar-refractivity contribution in [3.8, 4) is 11.5 Å². The van der Waals surface area contributed by atoms with E-state index < -0.39 is 17.7 Å². The second-order valence-electron chi connectivity index (χ2n) is 10.7. The van der Waals surface area contributed by atoms with Crippen LogP contribution in [0.5, 0.6) is 11.5 Å². The Morgan fingerprint density at radius 2 is 1.95 bits per heavy atom. The molecule has 2 aliphatic rings. The summed E-state index contributed by atoms with van der Waals surface area (Å²) < 4.78 is 12.4.